The fraction of sp³-hybridized carbons (Fsp3) is 0. The van der Waals surface area contributed by atoms with Crippen LogP contribution in [0.5, 0.6) is 0 Å². The molecule has 4 nitrogen and oxygen atoms in total. The predicted octanol–water partition coefficient (Wildman–Crippen LogP) is 13.6. The average molecular weight is 702 g/mol. The van der Waals surface area contributed by atoms with Gasteiger partial charge in [-0.15, -0.1) is 0 Å². The average Bonchev–Trinajstić information content (AvgIpc) is 3.64. The van der Waals surface area contributed by atoms with Crippen LogP contribution in [0.25, 0.3) is 111 Å². The second kappa shape index (κ2) is 12.6. The van der Waals surface area contributed by atoms with Gasteiger partial charge in [0.05, 0.1) is 22.4 Å². The maximum absolute atomic E-state index is 6.60. The molecule has 256 valence electrons. The highest BCUT2D eigenvalue weighted by Gasteiger charge is 2.22. The molecule has 4 heteroatoms. The summed E-state index contributed by atoms with van der Waals surface area (Å²) in [5.41, 5.74) is 13.1. The van der Waals surface area contributed by atoms with Crippen molar-refractivity contribution < 1.29 is 4.42 Å². The summed E-state index contributed by atoms with van der Waals surface area (Å²) < 4.78 is 6.60. The van der Waals surface area contributed by atoms with Crippen LogP contribution < -0.4 is 0 Å². The lowest BCUT2D eigenvalue weighted by Gasteiger charge is -2.16. The van der Waals surface area contributed by atoms with Crippen molar-refractivity contribution in [1.29, 1.82) is 0 Å². The fourth-order valence-corrected chi connectivity index (χ4v) is 8.11. The zero-order chi connectivity index (χ0) is 36.3. The molecule has 8 aromatic carbocycles. The van der Waals surface area contributed by atoms with E-state index >= 15 is 0 Å². The third-order valence-electron chi connectivity index (χ3n) is 10.7. The Morgan fingerprint density at radius 3 is 1.62 bits per heavy atom. The molecular formula is C51H31N3O. The van der Waals surface area contributed by atoms with Crippen LogP contribution in [0.2, 0.25) is 0 Å². The van der Waals surface area contributed by atoms with Crippen molar-refractivity contribution in [3.63, 3.8) is 0 Å². The van der Waals surface area contributed by atoms with Crippen LogP contribution in [0.1, 0.15) is 0 Å². The summed E-state index contributed by atoms with van der Waals surface area (Å²) in [4.78, 5) is 15.4. The van der Waals surface area contributed by atoms with E-state index in [1.165, 1.54) is 5.39 Å². The lowest BCUT2D eigenvalue weighted by molar-refractivity contribution is 0.669. The molecule has 0 amide bonds. The van der Waals surface area contributed by atoms with Crippen molar-refractivity contribution in [2.45, 2.75) is 0 Å². The molecule has 0 bridgehead atoms. The first kappa shape index (κ1) is 31.1. The van der Waals surface area contributed by atoms with E-state index in [0.29, 0.717) is 5.82 Å². The van der Waals surface area contributed by atoms with E-state index in [-0.39, 0.29) is 0 Å². The maximum atomic E-state index is 6.60. The molecular weight excluding hydrogens is 671 g/mol. The van der Waals surface area contributed by atoms with Crippen molar-refractivity contribution in [2.75, 3.05) is 0 Å². The van der Waals surface area contributed by atoms with Gasteiger partial charge in [-0.2, -0.15) is 0 Å². The normalized spacial score (nSPS) is 11.6. The quantitative estimate of drug-likeness (QED) is 0.168. The Morgan fingerprint density at radius 2 is 0.873 bits per heavy atom. The summed E-state index contributed by atoms with van der Waals surface area (Å²) >= 11 is 0. The van der Waals surface area contributed by atoms with Crippen molar-refractivity contribution in [3.8, 4) is 56.2 Å². The van der Waals surface area contributed by atoms with Gasteiger partial charge in [0, 0.05) is 54.6 Å². The summed E-state index contributed by atoms with van der Waals surface area (Å²) in [7, 11) is 0. The van der Waals surface area contributed by atoms with Gasteiger partial charge in [-0.1, -0.05) is 158 Å². The first-order chi connectivity index (χ1) is 27.3. The third-order valence-corrected chi connectivity index (χ3v) is 10.7. The monoisotopic (exact) mass is 701 g/mol. The minimum absolute atomic E-state index is 0.704. The third kappa shape index (κ3) is 5.19. The Balaban J connectivity index is 1.10. The molecule has 3 heterocycles. The van der Waals surface area contributed by atoms with Gasteiger partial charge in [-0.05, 0) is 47.0 Å². The van der Waals surface area contributed by atoms with Gasteiger partial charge in [0.2, 0.25) is 0 Å². The molecule has 0 aliphatic heterocycles. The zero-order valence-corrected chi connectivity index (χ0v) is 29.6. The number of hydrogen-bond acceptors (Lipinski definition) is 4. The van der Waals surface area contributed by atoms with Crippen molar-refractivity contribution in [3.05, 3.63) is 188 Å². The second-order valence-corrected chi connectivity index (χ2v) is 13.9. The number of hydrogen-bond donors (Lipinski definition) is 0. The molecule has 11 rings (SSSR count). The van der Waals surface area contributed by atoms with Crippen molar-refractivity contribution in [1.82, 2.24) is 15.0 Å². The Bertz CT molecular complexity index is 3240. The summed E-state index contributed by atoms with van der Waals surface area (Å²) in [6.07, 6.45) is 0. The molecule has 0 aliphatic rings. The van der Waals surface area contributed by atoms with Gasteiger partial charge in [0.15, 0.2) is 5.82 Å². The van der Waals surface area contributed by atoms with Crippen molar-refractivity contribution >= 4 is 54.5 Å². The number of furan rings is 1. The standard InChI is InChI=1S/C51H31N3O/c1-3-14-34(15-4-1)49-39-21-8-11-24-43(39)53-51(54-49)37-19-13-18-36(30-37)32-26-28-33(29-27-32)46-47-38-20-7-10-23-42(38)52-50(35-16-5-2-6-17-35)41(47)31-45-48(46)40-22-9-12-25-44(40)55-45/h1-31H. The van der Waals surface area contributed by atoms with Gasteiger partial charge in [0.1, 0.15) is 11.2 Å². The number of pyridine rings is 1. The molecule has 0 unspecified atom stereocenters. The van der Waals surface area contributed by atoms with E-state index in [2.05, 4.69) is 158 Å². The first-order valence-corrected chi connectivity index (χ1v) is 18.5. The zero-order valence-electron chi connectivity index (χ0n) is 29.6. The number of rotatable bonds is 5. The van der Waals surface area contributed by atoms with Crippen LogP contribution in [0.15, 0.2) is 192 Å². The number of benzene rings is 8. The van der Waals surface area contributed by atoms with Crippen LogP contribution >= 0.6 is 0 Å². The molecule has 0 saturated heterocycles. The summed E-state index contributed by atoms with van der Waals surface area (Å²) in [5, 5.41) is 6.59. The van der Waals surface area contributed by atoms with Crippen LogP contribution in [-0.2, 0) is 0 Å². The molecule has 0 spiro atoms. The lowest BCUT2D eigenvalue weighted by Crippen LogP contribution is -1.95. The molecule has 0 fully saturated rings. The number of aromatic nitrogens is 3. The highest BCUT2D eigenvalue weighted by Crippen LogP contribution is 2.46. The van der Waals surface area contributed by atoms with E-state index in [1.54, 1.807) is 0 Å². The summed E-state index contributed by atoms with van der Waals surface area (Å²) in [5.74, 6) is 0.704. The minimum Gasteiger partial charge on any atom is -0.456 e. The smallest absolute Gasteiger partial charge is 0.160 e. The van der Waals surface area contributed by atoms with Gasteiger partial charge >= 0.3 is 0 Å². The Labute approximate surface area is 317 Å². The van der Waals surface area contributed by atoms with Gasteiger partial charge in [0.25, 0.3) is 0 Å². The van der Waals surface area contributed by atoms with Gasteiger partial charge in [-0.3, -0.25) is 0 Å². The summed E-state index contributed by atoms with van der Waals surface area (Å²) in [6.45, 7) is 0. The van der Waals surface area contributed by atoms with Gasteiger partial charge in [-0.25, -0.2) is 15.0 Å². The predicted molar refractivity (Wildman–Crippen MR) is 227 cm³/mol. The Kier molecular flexibility index (Phi) is 7.14. The lowest BCUT2D eigenvalue weighted by atomic mass is 9.89. The first-order valence-electron chi connectivity index (χ1n) is 18.5. The van der Waals surface area contributed by atoms with E-state index in [1.807, 2.05) is 30.3 Å². The van der Waals surface area contributed by atoms with Crippen molar-refractivity contribution in [2.24, 2.45) is 0 Å². The van der Waals surface area contributed by atoms with E-state index in [0.717, 1.165) is 99.5 Å². The van der Waals surface area contributed by atoms with E-state index in [4.69, 9.17) is 19.4 Å². The van der Waals surface area contributed by atoms with Crippen LogP contribution in [0.3, 0.4) is 0 Å². The molecule has 0 aliphatic carbocycles. The maximum Gasteiger partial charge on any atom is 0.160 e. The summed E-state index contributed by atoms with van der Waals surface area (Å²) in [6, 6.07) is 65.5. The van der Waals surface area contributed by atoms with Crippen LogP contribution in [-0.4, -0.2) is 15.0 Å². The molecule has 55 heavy (non-hydrogen) atoms. The van der Waals surface area contributed by atoms with E-state index < -0.39 is 0 Å². The highest BCUT2D eigenvalue weighted by atomic mass is 16.3. The number of nitrogens with zero attached hydrogens (tertiary/aromatic N) is 3. The fourth-order valence-electron chi connectivity index (χ4n) is 8.11. The van der Waals surface area contributed by atoms with Crippen LogP contribution in [0.4, 0.5) is 0 Å². The molecule has 3 aromatic heterocycles. The number of fused-ring (bicyclic) bond motifs is 7. The van der Waals surface area contributed by atoms with Crippen LogP contribution in [0, 0.1) is 0 Å². The largest absolute Gasteiger partial charge is 0.456 e. The molecule has 0 atom stereocenters. The van der Waals surface area contributed by atoms with E-state index in [9.17, 15) is 0 Å². The SMILES string of the molecule is c1ccc(-c2nc(-c3cccc(-c4ccc(-c5c6c(cc7c(-c8ccccc8)nc8ccccc8c57)oc5ccccc56)cc4)c3)nc3ccccc23)cc1. The number of para-hydroxylation sites is 3. The minimum atomic E-state index is 0.704. The molecule has 0 saturated carbocycles. The molecule has 11 aromatic rings. The second-order valence-electron chi connectivity index (χ2n) is 13.9. The van der Waals surface area contributed by atoms with Gasteiger partial charge < -0.3 is 4.42 Å². The highest BCUT2D eigenvalue weighted by molar-refractivity contribution is 6.27. The molecule has 0 radical (unpaired) electrons. The Morgan fingerprint density at radius 1 is 0.309 bits per heavy atom. The topological polar surface area (TPSA) is 51.8 Å². The Hall–Kier alpha value is -7.43. The molecule has 0 N–H and O–H groups in total.